The molecule has 0 bridgehead atoms. The van der Waals surface area contributed by atoms with Crippen LogP contribution in [0.25, 0.3) is 0 Å². The predicted octanol–water partition coefficient (Wildman–Crippen LogP) is 4.73. The molecular weight excluding hydrogens is 360 g/mol. The van der Waals surface area contributed by atoms with Crippen LogP contribution in [0.5, 0.6) is 0 Å². The zero-order chi connectivity index (χ0) is 18.3. The Labute approximate surface area is 157 Å². The number of benzene rings is 1. The molecule has 0 aliphatic heterocycles. The third kappa shape index (κ3) is 7.45. The van der Waals surface area contributed by atoms with Crippen LogP contribution in [0.1, 0.15) is 48.9 Å². The van der Waals surface area contributed by atoms with Gasteiger partial charge in [-0.25, -0.2) is 0 Å². The summed E-state index contributed by atoms with van der Waals surface area (Å²) >= 11 is 3.89. The summed E-state index contributed by atoms with van der Waals surface area (Å²) in [6, 6.07) is 4.25. The number of hydrogen-bond acceptors (Lipinski definition) is 6. The zero-order valence-corrected chi connectivity index (χ0v) is 17.3. The highest BCUT2D eigenvalue weighted by Gasteiger charge is 2.20. The standard InChI is InChI=1S/C18H24O3S3/c1-11-6-12(2)18(10-24-15(5)21)17(7-11)16(8-22-13(3)19)9-23-14(4)20/h6-7,16H,8-10H2,1-5H3. The second kappa shape index (κ2) is 10.3. The number of carbonyl (C=O) groups excluding carboxylic acids is 3. The van der Waals surface area contributed by atoms with Crippen molar-refractivity contribution in [1.82, 2.24) is 0 Å². The highest BCUT2D eigenvalue weighted by molar-refractivity contribution is 8.14. The normalized spacial score (nSPS) is 10.9. The molecule has 0 aliphatic rings. The van der Waals surface area contributed by atoms with E-state index in [0.29, 0.717) is 17.3 Å². The van der Waals surface area contributed by atoms with E-state index in [-0.39, 0.29) is 21.3 Å². The first-order valence-corrected chi connectivity index (χ1v) is 10.7. The average molecular weight is 385 g/mol. The molecule has 0 aromatic heterocycles. The lowest BCUT2D eigenvalue weighted by Gasteiger charge is -2.21. The topological polar surface area (TPSA) is 51.2 Å². The Bertz CT molecular complexity index is 608. The number of aryl methyl sites for hydroxylation is 2. The summed E-state index contributed by atoms with van der Waals surface area (Å²) in [6.07, 6.45) is 0. The quantitative estimate of drug-likeness (QED) is 0.677. The van der Waals surface area contributed by atoms with Gasteiger partial charge in [0.05, 0.1) is 0 Å². The van der Waals surface area contributed by atoms with Crippen molar-refractivity contribution in [2.45, 2.75) is 46.3 Å². The molecule has 0 N–H and O–H groups in total. The van der Waals surface area contributed by atoms with E-state index < -0.39 is 0 Å². The summed E-state index contributed by atoms with van der Waals surface area (Å²) < 4.78 is 0. The number of hydrogen-bond donors (Lipinski definition) is 0. The minimum Gasteiger partial charge on any atom is -0.288 e. The van der Waals surface area contributed by atoms with Gasteiger partial charge in [0.25, 0.3) is 0 Å². The minimum atomic E-state index is 0.0804. The molecule has 0 atom stereocenters. The van der Waals surface area contributed by atoms with Gasteiger partial charge >= 0.3 is 0 Å². The summed E-state index contributed by atoms with van der Waals surface area (Å²) in [7, 11) is 0. The van der Waals surface area contributed by atoms with E-state index >= 15 is 0 Å². The van der Waals surface area contributed by atoms with Crippen LogP contribution in [-0.4, -0.2) is 26.9 Å². The fourth-order valence-electron chi connectivity index (χ4n) is 2.43. The molecule has 0 heterocycles. The van der Waals surface area contributed by atoms with Gasteiger partial charge in [0.15, 0.2) is 15.3 Å². The molecule has 0 fully saturated rings. The summed E-state index contributed by atoms with van der Waals surface area (Å²) in [5.74, 6) is 2.03. The molecule has 0 aliphatic carbocycles. The second-order valence-corrected chi connectivity index (χ2v) is 9.28. The van der Waals surface area contributed by atoms with Crippen molar-refractivity contribution in [3.05, 3.63) is 34.4 Å². The van der Waals surface area contributed by atoms with Gasteiger partial charge in [-0.3, -0.25) is 14.4 Å². The maximum atomic E-state index is 11.4. The Morgan fingerprint density at radius 2 is 1.38 bits per heavy atom. The molecule has 0 spiro atoms. The Morgan fingerprint density at radius 3 is 1.83 bits per heavy atom. The summed E-state index contributed by atoms with van der Waals surface area (Å²) in [6.45, 7) is 8.80. The molecule has 1 aromatic carbocycles. The molecule has 0 saturated heterocycles. The van der Waals surface area contributed by atoms with E-state index in [9.17, 15) is 14.4 Å². The van der Waals surface area contributed by atoms with Crippen LogP contribution in [-0.2, 0) is 20.1 Å². The van der Waals surface area contributed by atoms with Crippen molar-refractivity contribution in [2.24, 2.45) is 0 Å². The van der Waals surface area contributed by atoms with Gasteiger partial charge in [-0.15, -0.1) is 0 Å². The van der Waals surface area contributed by atoms with E-state index in [4.69, 9.17) is 0 Å². The highest BCUT2D eigenvalue weighted by Crippen LogP contribution is 2.33. The molecule has 0 radical (unpaired) electrons. The Balaban J connectivity index is 3.18. The molecule has 24 heavy (non-hydrogen) atoms. The molecule has 0 unspecified atom stereocenters. The van der Waals surface area contributed by atoms with Crippen LogP contribution < -0.4 is 0 Å². The monoisotopic (exact) mass is 384 g/mol. The van der Waals surface area contributed by atoms with Crippen LogP contribution >= 0.6 is 35.3 Å². The first-order valence-electron chi connectivity index (χ1n) is 7.70. The highest BCUT2D eigenvalue weighted by atomic mass is 32.2. The first-order chi connectivity index (χ1) is 11.2. The van der Waals surface area contributed by atoms with Gasteiger partial charge in [-0.05, 0) is 30.5 Å². The molecule has 0 amide bonds. The summed E-state index contributed by atoms with van der Waals surface area (Å²) in [4.78, 5) is 34.2. The third-order valence-electron chi connectivity index (χ3n) is 3.49. The van der Waals surface area contributed by atoms with Gasteiger partial charge in [0.2, 0.25) is 0 Å². The van der Waals surface area contributed by atoms with Crippen molar-refractivity contribution in [1.29, 1.82) is 0 Å². The molecule has 1 aromatic rings. The van der Waals surface area contributed by atoms with Gasteiger partial charge in [0.1, 0.15) is 0 Å². The van der Waals surface area contributed by atoms with Gasteiger partial charge < -0.3 is 0 Å². The summed E-state index contributed by atoms with van der Waals surface area (Å²) in [5.41, 5.74) is 4.62. The van der Waals surface area contributed by atoms with Crippen LogP contribution in [0, 0.1) is 13.8 Å². The van der Waals surface area contributed by atoms with Crippen LogP contribution in [0.2, 0.25) is 0 Å². The molecular formula is C18H24O3S3. The lowest BCUT2D eigenvalue weighted by Crippen LogP contribution is -2.12. The van der Waals surface area contributed by atoms with Gasteiger partial charge in [-0.1, -0.05) is 53.0 Å². The van der Waals surface area contributed by atoms with E-state index in [1.54, 1.807) is 20.8 Å². The Morgan fingerprint density at radius 1 is 0.875 bits per heavy atom. The van der Waals surface area contributed by atoms with E-state index in [1.807, 2.05) is 6.92 Å². The van der Waals surface area contributed by atoms with Crippen molar-refractivity contribution < 1.29 is 14.4 Å². The van der Waals surface area contributed by atoms with Crippen molar-refractivity contribution in [3.8, 4) is 0 Å². The fraction of sp³-hybridized carbons (Fsp3) is 0.500. The predicted molar refractivity (Wildman–Crippen MR) is 107 cm³/mol. The Kier molecular flexibility index (Phi) is 9.16. The average Bonchev–Trinajstić information content (AvgIpc) is 2.45. The largest absolute Gasteiger partial charge is 0.288 e. The Hall–Kier alpha value is -0.720. The van der Waals surface area contributed by atoms with E-state index in [0.717, 1.165) is 22.3 Å². The van der Waals surface area contributed by atoms with E-state index in [1.165, 1.54) is 35.3 Å². The third-order valence-corrected chi connectivity index (χ3v) is 6.28. The molecule has 1 rings (SSSR count). The molecule has 6 heteroatoms. The van der Waals surface area contributed by atoms with Gasteiger partial charge in [0, 0.05) is 43.9 Å². The maximum absolute atomic E-state index is 11.4. The second-order valence-electron chi connectivity index (χ2n) is 5.73. The maximum Gasteiger partial charge on any atom is 0.186 e. The van der Waals surface area contributed by atoms with E-state index in [2.05, 4.69) is 19.1 Å². The van der Waals surface area contributed by atoms with Crippen molar-refractivity contribution in [2.75, 3.05) is 11.5 Å². The fourth-order valence-corrected chi connectivity index (χ4v) is 4.79. The number of rotatable bonds is 7. The van der Waals surface area contributed by atoms with Crippen molar-refractivity contribution in [3.63, 3.8) is 0 Å². The SMILES string of the molecule is CC(=O)SCc1c(C)cc(C)cc1C(CSC(C)=O)CSC(C)=O. The van der Waals surface area contributed by atoms with Crippen LogP contribution in [0.15, 0.2) is 12.1 Å². The van der Waals surface area contributed by atoms with Gasteiger partial charge in [-0.2, -0.15) is 0 Å². The zero-order valence-electron chi connectivity index (χ0n) is 14.8. The molecule has 132 valence electrons. The van der Waals surface area contributed by atoms with Crippen LogP contribution in [0.3, 0.4) is 0 Å². The summed E-state index contributed by atoms with van der Waals surface area (Å²) in [5, 5.41) is 0.252. The number of carbonyl (C=O) groups is 3. The van der Waals surface area contributed by atoms with Crippen molar-refractivity contribution >= 4 is 50.6 Å². The smallest absolute Gasteiger partial charge is 0.186 e. The minimum absolute atomic E-state index is 0.0804. The first kappa shape index (κ1) is 21.3. The van der Waals surface area contributed by atoms with Crippen LogP contribution in [0.4, 0.5) is 0 Å². The molecule has 0 saturated carbocycles. The lowest BCUT2D eigenvalue weighted by molar-refractivity contribution is -0.109. The number of thioether (sulfide) groups is 3. The molecule has 3 nitrogen and oxygen atoms in total. The lowest BCUT2D eigenvalue weighted by atomic mass is 9.92.